The third kappa shape index (κ3) is 4.28. The zero-order valence-corrected chi connectivity index (χ0v) is 19.9. The maximum Gasteiger partial charge on any atom is 0.232 e. The van der Waals surface area contributed by atoms with Gasteiger partial charge in [-0.2, -0.15) is 0 Å². The molecule has 0 bridgehead atoms. The molecule has 170 valence electrons. The number of aromatic nitrogens is 1. The Hall–Kier alpha value is -2.74. The van der Waals surface area contributed by atoms with E-state index < -0.39 is 10.0 Å². The normalized spacial score (nSPS) is 16.8. The second-order valence-corrected chi connectivity index (χ2v) is 11.0. The summed E-state index contributed by atoms with van der Waals surface area (Å²) in [7, 11) is -1.88. The van der Waals surface area contributed by atoms with E-state index in [9.17, 15) is 13.2 Å². The van der Waals surface area contributed by atoms with Crippen LogP contribution in [-0.2, 0) is 16.6 Å². The number of sulfonamides is 1. The lowest BCUT2D eigenvalue weighted by Gasteiger charge is -2.24. The Labute approximate surface area is 190 Å². The van der Waals surface area contributed by atoms with E-state index in [-0.39, 0.29) is 18.2 Å². The Bertz CT molecular complexity index is 1190. The second-order valence-electron chi connectivity index (χ2n) is 8.96. The third-order valence-corrected chi connectivity index (χ3v) is 7.75. The number of amidine groups is 1. The fourth-order valence-corrected chi connectivity index (χ4v) is 4.61. The smallest absolute Gasteiger partial charge is 0.232 e. The van der Waals surface area contributed by atoms with E-state index >= 15 is 0 Å². The van der Waals surface area contributed by atoms with Crippen LogP contribution in [0.15, 0.2) is 30.3 Å². The van der Waals surface area contributed by atoms with Crippen LogP contribution in [0.5, 0.6) is 0 Å². The molecule has 2 aliphatic rings. The highest BCUT2D eigenvalue weighted by Gasteiger charge is 2.31. The van der Waals surface area contributed by atoms with Crippen LogP contribution in [0, 0.1) is 5.41 Å². The predicted molar refractivity (Wildman–Crippen MR) is 126 cm³/mol. The van der Waals surface area contributed by atoms with Gasteiger partial charge in [0.15, 0.2) is 5.78 Å². The van der Waals surface area contributed by atoms with E-state index in [1.54, 1.807) is 17.0 Å². The standard InChI is InChI=1S/C24H30N4O3S/c1-5-15(2)19-12-17(9-11-21(19)27(3)32(4,30)31)22(29)14-28-13-18-8-10-20(16-6-7-16)26-23(18)24(28)25/h8-12,15-16,25H,5-7,13-14H2,1-4H3. The Morgan fingerprint density at radius 3 is 2.62 bits per heavy atom. The third-order valence-electron chi connectivity index (χ3n) is 6.56. The number of carbonyl (C=O) groups is 1. The van der Waals surface area contributed by atoms with E-state index in [2.05, 4.69) is 4.98 Å². The average Bonchev–Trinajstić information content (AvgIpc) is 3.57. The van der Waals surface area contributed by atoms with Crippen LogP contribution in [0.1, 0.15) is 77.8 Å². The molecular weight excluding hydrogens is 424 g/mol. The van der Waals surface area contributed by atoms with Crippen molar-refractivity contribution in [3.63, 3.8) is 0 Å². The van der Waals surface area contributed by atoms with Gasteiger partial charge in [0.1, 0.15) is 11.5 Å². The van der Waals surface area contributed by atoms with Crippen LogP contribution < -0.4 is 4.31 Å². The van der Waals surface area contributed by atoms with Crippen molar-refractivity contribution in [1.82, 2.24) is 9.88 Å². The Morgan fingerprint density at radius 1 is 1.28 bits per heavy atom. The summed E-state index contributed by atoms with van der Waals surface area (Å²) in [6.07, 6.45) is 4.31. The van der Waals surface area contributed by atoms with Crippen molar-refractivity contribution < 1.29 is 13.2 Å². The first kappa shape index (κ1) is 22.5. The van der Waals surface area contributed by atoms with E-state index in [1.807, 2.05) is 32.0 Å². The van der Waals surface area contributed by atoms with Gasteiger partial charge < -0.3 is 4.90 Å². The van der Waals surface area contributed by atoms with Gasteiger partial charge in [-0.05, 0) is 55.0 Å². The Kier molecular flexibility index (Phi) is 5.83. The lowest BCUT2D eigenvalue weighted by Crippen LogP contribution is -2.31. The fraction of sp³-hybridized carbons (Fsp3) is 0.458. The van der Waals surface area contributed by atoms with Crippen molar-refractivity contribution in [2.45, 2.75) is 51.5 Å². The summed E-state index contributed by atoms with van der Waals surface area (Å²) >= 11 is 0. The lowest BCUT2D eigenvalue weighted by atomic mass is 9.94. The number of nitrogens with one attached hydrogen (secondary N) is 1. The van der Waals surface area contributed by atoms with Gasteiger partial charge in [-0.15, -0.1) is 0 Å². The van der Waals surface area contributed by atoms with E-state index in [4.69, 9.17) is 5.41 Å². The molecule has 1 aliphatic carbocycles. The molecule has 0 spiro atoms. The first-order chi connectivity index (χ1) is 15.1. The number of nitrogens with zero attached hydrogens (tertiary/aromatic N) is 3. The molecule has 0 amide bonds. The summed E-state index contributed by atoms with van der Waals surface area (Å²) in [5.74, 6) is 0.821. The molecule has 1 N–H and O–H groups in total. The quantitative estimate of drug-likeness (QED) is 0.611. The van der Waals surface area contributed by atoms with Crippen LogP contribution in [-0.4, -0.2) is 49.8 Å². The summed E-state index contributed by atoms with van der Waals surface area (Å²) in [5.41, 5.74) is 4.68. The van der Waals surface area contributed by atoms with E-state index in [1.165, 1.54) is 17.6 Å². The zero-order valence-electron chi connectivity index (χ0n) is 19.1. The highest BCUT2D eigenvalue weighted by molar-refractivity contribution is 7.92. The fourth-order valence-electron chi connectivity index (χ4n) is 4.08. The van der Waals surface area contributed by atoms with Crippen molar-refractivity contribution >= 4 is 27.3 Å². The van der Waals surface area contributed by atoms with Gasteiger partial charge >= 0.3 is 0 Å². The minimum absolute atomic E-state index is 0.0924. The molecule has 0 radical (unpaired) electrons. The van der Waals surface area contributed by atoms with Gasteiger partial charge in [0, 0.05) is 36.3 Å². The molecule has 1 unspecified atom stereocenters. The van der Waals surface area contributed by atoms with Gasteiger partial charge in [-0.25, -0.2) is 13.4 Å². The number of ketones is 1. The molecule has 2 heterocycles. The summed E-state index contributed by atoms with van der Waals surface area (Å²) in [5, 5.41) is 8.54. The number of anilines is 1. The maximum atomic E-state index is 13.1. The van der Waals surface area contributed by atoms with Crippen LogP contribution in [0.4, 0.5) is 5.69 Å². The van der Waals surface area contributed by atoms with Gasteiger partial charge in [0.05, 0.1) is 18.5 Å². The monoisotopic (exact) mass is 454 g/mol. The van der Waals surface area contributed by atoms with Crippen molar-refractivity contribution in [3.8, 4) is 0 Å². The summed E-state index contributed by atoms with van der Waals surface area (Å²) in [4.78, 5) is 19.6. The Morgan fingerprint density at radius 2 is 2.00 bits per heavy atom. The predicted octanol–water partition coefficient (Wildman–Crippen LogP) is 3.89. The Balaban J connectivity index is 1.56. The summed E-state index contributed by atoms with van der Waals surface area (Å²) in [6.45, 7) is 4.66. The molecular formula is C24H30N4O3S. The number of pyridine rings is 1. The molecule has 1 fully saturated rings. The number of hydrogen-bond acceptors (Lipinski definition) is 5. The molecule has 7 nitrogen and oxygen atoms in total. The first-order valence-corrected chi connectivity index (χ1v) is 12.9. The van der Waals surface area contributed by atoms with Crippen LogP contribution >= 0.6 is 0 Å². The van der Waals surface area contributed by atoms with Crippen molar-refractivity contribution in [2.75, 3.05) is 24.2 Å². The molecule has 2 aromatic rings. The topological polar surface area (TPSA) is 94.4 Å². The molecule has 0 saturated heterocycles. The van der Waals surface area contributed by atoms with Crippen LogP contribution in [0.2, 0.25) is 0 Å². The molecule has 1 aromatic heterocycles. The molecule has 1 aliphatic heterocycles. The van der Waals surface area contributed by atoms with Crippen LogP contribution in [0.25, 0.3) is 0 Å². The van der Waals surface area contributed by atoms with Gasteiger partial charge in [0.25, 0.3) is 0 Å². The lowest BCUT2D eigenvalue weighted by molar-refractivity contribution is 0.0962. The number of carbonyl (C=O) groups excluding carboxylic acids is 1. The highest BCUT2D eigenvalue weighted by Crippen LogP contribution is 2.40. The first-order valence-electron chi connectivity index (χ1n) is 11.0. The largest absolute Gasteiger partial charge is 0.343 e. The van der Waals surface area contributed by atoms with Crippen molar-refractivity contribution in [1.29, 1.82) is 5.41 Å². The van der Waals surface area contributed by atoms with Crippen molar-refractivity contribution in [3.05, 3.63) is 58.4 Å². The molecule has 1 atom stereocenters. The number of hydrogen-bond donors (Lipinski definition) is 1. The maximum absolute atomic E-state index is 13.1. The minimum Gasteiger partial charge on any atom is -0.343 e. The molecule has 1 aromatic carbocycles. The second kappa shape index (κ2) is 8.31. The zero-order chi connectivity index (χ0) is 23.2. The number of rotatable bonds is 8. The molecule has 8 heteroatoms. The highest BCUT2D eigenvalue weighted by atomic mass is 32.2. The van der Waals surface area contributed by atoms with Crippen molar-refractivity contribution in [2.24, 2.45) is 0 Å². The number of fused-ring (bicyclic) bond motifs is 1. The summed E-state index contributed by atoms with van der Waals surface area (Å²) in [6, 6.07) is 9.28. The molecule has 32 heavy (non-hydrogen) atoms. The molecule has 4 rings (SSSR count). The summed E-state index contributed by atoms with van der Waals surface area (Å²) < 4.78 is 25.4. The van der Waals surface area contributed by atoms with Crippen LogP contribution in [0.3, 0.4) is 0 Å². The minimum atomic E-state index is -3.41. The molecule has 1 saturated carbocycles. The van der Waals surface area contributed by atoms with E-state index in [0.717, 1.165) is 36.1 Å². The average molecular weight is 455 g/mol. The SMILES string of the molecule is CCC(C)c1cc(C(=O)CN2Cc3ccc(C4CC4)nc3C2=N)ccc1N(C)S(C)(=O)=O. The number of Topliss-reactive ketones (excluding diaryl/α,β-unsaturated/α-hetero) is 1. The number of benzene rings is 1. The van der Waals surface area contributed by atoms with Gasteiger partial charge in [-0.3, -0.25) is 14.5 Å². The van der Waals surface area contributed by atoms with Gasteiger partial charge in [0.2, 0.25) is 10.0 Å². The van der Waals surface area contributed by atoms with E-state index in [0.29, 0.717) is 35.2 Å². The van der Waals surface area contributed by atoms with Gasteiger partial charge in [-0.1, -0.05) is 19.9 Å².